The molecule has 1 aliphatic rings. The molecule has 1 unspecified atom stereocenters. The summed E-state index contributed by atoms with van der Waals surface area (Å²) < 4.78 is 10.3. The van der Waals surface area contributed by atoms with E-state index in [9.17, 15) is 9.59 Å². The fourth-order valence-electron chi connectivity index (χ4n) is 2.59. The lowest BCUT2D eigenvalue weighted by molar-refractivity contribution is -0.146. The summed E-state index contributed by atoms with van der Waals surface area (Å²) >= 11 is 0. The van der Waals surface area contributed by atoms with E-state index in [1.54, 1.807) is 4.90 Å². The van der Waals surface area contributed by atoms with Gasteiger partial charge in [0.2, 0.25) is 5.91 Å². The molecule has 116 valence electrons. The van der Waals surface area contributed by atoms with Crippen molar-refractivity contribution in [3.8, 4) is 0 Å². The minimum Gasteiger partial charge on any atom is -0.481 e. The van der Waals surface area contributed by atoms with Gasteiger partial charge in [-0.25, -0.2) is 0 Å². The predicted molar refractivity (Wildman–Crippen MR) is 72.9 cm³/mol. The average molecular weight is 296 g/mol. The molecule has 1 amide bonds. The first-order valence-corrected chi connectivity index (χ1v) is 6.99. The van der Waals surface area contributed by atoms with Gasteiger partial charge in [-0.05, 0) is 20.3 Å². The van der Waals surface area contributed by atoms with Gasteiger partial charge in [-0.3, -0.25) is 9.59 Å². The molecule has 1 aromatic rings. The van der Waals surface area contributed by atoms with Gasteiger partial charge < -0.3 is 19.3 Å². The van der Waals surface area contributed by atoms with Crippen LogP contribution in [0.5, 0.6) is 0 Å². The lowest BCUT2D eigenvalue weighted by Crippen LogP contribution is -2.49. The van der Waals surface area contributed by atoms with Crippen LogP contribution in [-0.2, 0) is 20.7 Å². The van der Waals surface area contributed by atoms with Gasteiger partial charge >= 0.3 is 5.97 Å². The lowest BCUT2D eigenvalue weighted by atomic mass is 10.1. The summed E-state index contributed by atoms with van der Waals surface area (Å²) in [6.07, 6.45) is 0.785. The van der Waals surface area contributed by atoms with Gasteiger partial charge in [-0.15, -0.1) is 0 Å². The number of ether oxygens (including phenoxy) is 1. The number of carbonyl (C=O) groups is 2. The number of carbonyl (C=O) groups excluding carboxylic acids is 1. The zero-order valence-corrected chi connectivity index (χ0v) is 12.3. The van der Waals surface area contributed by atoms with E-state index in [0.29, 0.717) is 26.0 Å². The third-order valence-electron chi connectivity index (χ3n) is 3.73. The van der Waals surface area contributed by atoms with Crippen LogP contribution in [0, 0.1) is 13.8 Å². The van der Waals surface area contributed by atoms with Crippen LogP contribution in [0.3, 0.4) is 0 Å². The van der Waals surface area contributed by atoms with Crippen molar-refractivity contribution in [1.82, 2.24) is 10.1 Å². The van der Waals surface area contributed by atoms with Crippen molar-refractivity contribution < 1.29 is 24.0 Å². The molecule has 0 saturated carbocycles. The first kappa shape index (κ1) is 15.5. The molecule has 1 saturated heterocycles. The highest BCUT2D eigenvalue weighted by molar-refractivity contribution is 5.78. The van der Waals surface area contributed by atoms with E-state index in [0.717, 1.165) is 17.0 Å². The van der Waals surface area contributed by atoms with E-state index in [1.165, 1.54) is 0 Å². The fourth-order valence-corrected chi connectivity index (χ4v) is 2.59. The molecule has 0 aromatic carbocycles. The highest BCUT2D eigenvalue weighted by Crippen LogP contribution is 2.17. The van der Waals surface area contributed by atoms with Crippen LogP contribution in [-0.4, -0.2) is 52.8 Å². The maximum Gasteiger partial charge on any atom is 0.305 e. The Balaban J connectivity index is 1.96. The summed E-state index contributed by atoms with van der Waals surface area (Å²) in [6.45, 7) is 4.84. The van der Waals surface area contributed by atoms with Crippen molar-refractivity contribution in [1.29, 1.82) is 0 Å². The number of hydrogen-bond acceptors (Lipinski definition) is 5. The van der Waals surface area contributed by atoms with Gasteiger partial charge in [0, 0.05) is 18.5 Å². The maximum absolute atomic E-state index is 12.3. The molecule has 7 nitrogen and oxygen atoms in total. The normalized spacial score (nSPS) is 18.8. The van der Waals surface area contributed by atoms with Gasteiger partial charge in [-0.1, -0.05) is 5.16 Å². The quantitative estimate of drug-likeness (QED) is 0.868. The summed E-state index contributed by atoms with van der Waals surface area (Å²) in [7, 11) is 0. The molecular formula is C14H20N2O5. The Morgan fingerprint density at radius 2 is 2.19 bits per heavy atom. The number of amides is 1. The van der Waals surface area contributed by atoms with E-state index >= 15 is 0 Å². The number of rotatable bonds is 5. The third-order valence-corrected chi connectivity index (χ3v) is 3.73. The molecule has 1 aromatic heterocycles. The van der Waals surface area contributed by atoms with Crippen molar-refractivity contribution >= 4 is 11.9 Å². The molecule has 2 heterocycles. The average Bonchev–Trinajstić information content (AvgIpc) is 2.75. The number of aromatic nitrogens is 1. The van der Waals surface area contributed by atoms with Gasteiger partial charge in [0.1, 0.15) is 5.76 Å². The van der Waals surface area contributed by atoms with Crippen molar-refractivity contribution in [2.45, 2.75) is 39.2 Å². The minimum absolute atomic E-state index is 0.0513. The van der Waals surface area contributed by atoms with E-state index in [2.05, 4.69) is 5.16 Å². The molecule has 0 aliphatic carbocycles. The van der Waals surface area contributed by atoms with Crippen LogP contribution in [0.25, 0.3) is 0 Å². The van der Waals surface area contributed by atoms with Crippen LogP contribution in [0.15, 0.2) is 4.52 Å². The Hall–Kier alpha value is -1.89. The molecule has 1 atom stereocenters. The van der Waals surface area contributed by atoms with Crippen LogP contribution in [0.2, 0.25) is 0 Å². The van der Waals surface area contributed by atoms with Gasteiger partial charge in [0.05, 0.1) is 31.4 Å². The van der Waals surface area contributed by atoms with Gasteiger partial charge in [0.15, 0.2) is 0 Å². The molecule has 0 spiro atoms. The number of nitrogens with zero attached hydrogens (tertiary/aromatic N) is 2. The first-order chi connectivity index (χ1) is 9.99. The Kier molecular flexibility index (Phi) is 4.95. The van der Waals surface area contributed by atoms with Crippen molar-refractivity contribution in [3.05, 3.63) is 17.0 Å². The number of aliphatic carboxylic acids is 1. The molecule has 7 heteroatoms. The molecule has 1 N–H and O–H groups in total. The highest BCUT2D eigenvalue weighted by Gasteiger charge is 2.29. The number of hydrogen-bond donors (Lipinski definition) is 1. The zero-order chi connectivity index (χ0) is 15.4. The van der Waals surface area contributed by atoms with Crippen LogP contribution >= 0.6 is 0 Å². The van der Waals surface area contributed by atoms with Crippen LogP contribution in [0.4, 0.5) is 0 Å². The fraction of sp³-hybridized carbons (Fsp3) is 0.643. The molecule has 0 bridgehead atoms. The summed E-state index contributed by atoms with van der Waals surface area (Å²) in [4.78, 5) is 24.8. The summed E-state index contributed by atoms with van der Waals surface area (Å²) in [5.74, 6) is -0.247. The Morgan fingerprint density at radius 3 is 2.81 bits per heavy atom. The second-order valence-corrected chi connectivity index (χ2v) is 5.22. The second kappa shape index (κ2) is 6.71. The topological polar surface area (TPSA) is 92.9 Å². The Labute approximate surface area is 122 Å². The highest BCUT2D eigenvalue weighted by atomic mass is 16.5. The monoisotopic (exact) mass is 296 g/mol. The maximum atomic E-state index is 12.3. The molecule has 2 rings (SSSR count). The smallest absolute Gasteiger partial charge is 0.305 e. The predicted octanol–water partition coefficient (Wildman–Crippen LogP) is 0.926. The summed E-state index contributed by atoms with van der Waals surface area (Å²) in [6, 6.07) is -0.381. The standard InChI is InChI=1S/C14H20N2O5/c1-9-12(10(2)21-15-9)3-4-13(17)16-5-6-20-8-11(16)7-14(18)19/h11H,3-8H2,1-2H3,(H,18,19). The molecular weight excluding hydrogens is 276 g/mol. The second-order valence-electron chi connectivity index (χ2n) is 5.22. The number of carboxylic acid groups (broad SMARTS) is 1. The van der Waals surface area contributed by atoms with E-state index < -0.39 is 5.97 Å². The molecule has 1 aliphatic heterocycles. The lowest BCUT2D eigenvalue weighted by Gasteiger charge is -2.35. The van der Waals surface area contributed by atoms with Crippen LogP contribution < -0.4 is 0 Å². The first-order valence-electron chi connectivity index (χ1n) is 6.99. The molecule has 1 fully saturated rings. The van der Waals surface area contributed by atoms with Crippen molar-refractivity contribution in [2.75, 3.05) is 19.8 Å². The van der Waals surface area contributed by atoms with Gasteiger partial charge in [0.25, 0.3) is 0 Å². The number of carboxylic acids is 1. The SMILES string of the molecule is Cc1noc(C)c1CCC(=O)N1CCOCC1CC(=O)O. The Bertz CT molecular complexity index is 506. The molecule has 21 heavy (non-hydrogen) atoms. The largest absolute Gasteiger partial charge is 0.481 e. The Morgan fingerprint density at radius 1 is 1.43 bits per heavy atom. The number of morpholine rings is 1. The summed E-state index contributed by atoms with van der Waals surface area (Å²) in [5.41, 5.74) is 1.75. The molecule has 0 radical (unpaired) electrons. The third kappa shape index (κ3) is 3.81. The van der Waals surface area contributed by atoms with E-state index in [4.69, 9.17) is 14.4 Å². The zero-order valence-electron chi connectivity index (χ0n) is 12.3. The van der Waals surface area contributed by atoms with Crippen LogP contribution in [0.1, 0.15) is 29.9 Å². The van der Waals surface area contributed by atoms with E-state index in [1.807, 2.05) is 13.8 Å². The van der Waals surface area contributed by atoms with Crippen molar-refractivity contribution in [3.63, 3.8) is 0 Å². The summed E-state index contributed by atoms with van der Waals surface area (Å²) in [5, 5.41) is 12.8. The minimum atomic E-state index is -0.922. The van der Waals surface area contributed by atoms with Gasteiger partial charge in [-0.2, -0.15) is 0 Å². The van der Waals surface area contributed by atoms with E-state index in [-0.39, 0.29) is 25.0 Å². The number of aryl methyl sites for hydroxylation is 2. The van der Waals surface area contributed by atoms with Crippen molar-refractivity contribution in [2.24, 2.45) is 0 Å².